The molecule has 0 spiro atoms. The molecule has 1 aromatic heterocycles. The molecule has 2 nitrogen and oxygen atoms in total. The molecule has 78 valence electrons. The van der Waals surface area contributed by atoms with Crippen LogP contribution in [0.15, 0.2) is 16.7 Å². The molecular weight excluding hydrogens is 198 g/mol. The Labute approximate surface area is 89.6 Å². The second-order valence-electron chi connectivity index (χ2n) is 3.94. The Morgan fingerprint density at radius 1 is 1.36 bits per heavy atom. The summed E-state index contributed by atoms with van der Waals surface area (Å²) in [5, 5.41) is 4.04. The lowest BCUT2D eigenvalue weighted by molar-refractivity contribution is 0.372. The predicted octanol–water partition coefficient (Wildman–Crippen LogP) is 3.36. The van der Waals surface area contributed by atoms with Crippen molar-refractivity contribution in [1.29, 1.82) is 0 Å². The second-order valence-corrected chi connectivity index (χ2v) is 4.28. The van der Waals surface area contributed by atoms with Gasteiger partial charge in [-0.05, 0) is 30.5 Å². The van der Waals surface area contributed by atoms with Crippen LogP contribution in [-0.4, -0.2) is 6.04 Å². The highest BCUT2D eigenvalue weighted by Crippen LogP contribution is 2.20. The molecule has 1 fully saturated rings. The zero-order valence-electron chi connectivity index (χ0n) is 8.26. The van der Waals surface area contributed by atoms with Crippen LogP contribution in [0.3, 0.4) is 0 Å². The lowest BCUT2D eigenvalue weighted by Gasteiger charge is -2.22. The zero-order valence-corrected chi connectivity index (χ0v) is 9.02. The van der Waals surface area contributed by atoms with Gasteiger partial charge >= 0.3 is 0 Å². The van der Waals surface area contributed by atoms with Crippen molar-refractivity contribution < 1.29 is 4.42 Å². The van der Waals surface area contributed by atoms with Gasteiger partial charge in [0.1, 0.15) is 0 Å². The minimum Gasteiger partial charge on any atom is -0.453 e. The molecule has 1 saturated carbocycles. The van der Waals surface area contributed by atoms with Crippen LogP contribution in [-0.2, 0) is 6.54 Å². The molecule has 1 aliphatic carbocycles. The van der Waals surface area contributed by atoms with Crippen LogP contribution in [0.25, 0.3) is 0 Å². The molecule has 0 amide bonds. The van der Waals surface area contributed by atoms with Crippen LogP contribution in [0.1, 0.15) is 37.7 Å². The molecule has 14 heavy (non-hydrogen) atoms. The first-order valence-electron chi connectivity index (χ1n) is 5.31. The zero-order chi connectivity index (χ0) is 9.80. The van der Waals surface area contributed by atoms with Gasteiger partial charge in [-0.25, -0.2) is 0 Å². The first-order chi connectivity index (χ1) is 6.86. The molecular formula is C11H16ClNO. The average molecular weight is 214 g/mol. The first-order valence-corrected chi connectivity index (χ1v) is 5.69. The van der Waals surface area contributed by atoms with Gasteiger partial charge in [-0.2, -0.15) is 0 Å². The summed E-state index contributed by atoms with van der Waals surface area (Å²) in [6, 6.07) is 2.60. The normalized spacial score (nSPS) is 18.6. The van der Waals surface area contributed by atoms with Crippen molar-refractivity contribution in [2.75, 3.05) is 0 Å². The summed E-state index contributed by atoms with van der Waals surface area (Å²) < 4.78 is 5.03. The maximum absolute atomic E-state index is 5.85. The molecule has 1 aliphatic rings. The Morgan fingerprint density at radius 3 is 2.79 bits per heavy atom. The van der Waals surface area contributed by atoms with E-state index >= 15 is 0 Å². The van der Waals surface area contributed by atoms with Crippen molar-refractivity contribution in [3.63, 3.8) is 0 Å². The number of halogens is 1. The van der Waals surface area contributed by atoms with Crippen molar-refractivity contribution in [1.82, 2.24) is 5.32 Å². The van der Waals surface area contributed by atoms with E-state index in [9.17, 15) is 0 Å². The fraction of sp³-hybridized carbons (Fsp3) is 0.636. The Kier molecular flexibility index (Phi) is 3.49. The Balaban J connectivity index is 1.79. The standard InChI is InChI=1S/C11H16ClNO/c12-11-9(6-7-14-11)8-13-10-4-2-1-3-5-10/h6-7,10,13H,1-5,8H2. The van der Waals surface area contributed by atoms with Gasteiger partial charge in [0.05, 0.1) is 6.26 Å². The van der Waals surface area contributed by atoms with Crippen molar-refractivity contribution in [2.24, 2.45) is 0 Å². The van der Waals surface area contributed by atoms with Crippen LogP contribution in [0.2, 0.25) is 5.22 Å². The lowest BCUT2D eigenvalue weighted by Crippen LogP contribution is -2.30. The van der Waals surface area contributed by atoms with E-state index in [1.807, 2.05) is 6.07 Å². The lowest BCUT2D eigenvalue weighted by atomic mass is 9.95. The third kappa shape index (κ3) is 2.52. The van der Waals surface area contributed by atoms with Gasteiger partial charge in [-0.3, -0.25) is 0 Å². The Hall–Kier alpha value is -0.470. The Bertz CT molecular complexity index is 279. The summed E-state index contributed by atoms with van der Waals surface area (Å²) in [7, 11) is 0. The molecule has 1 heterocycles. The van der Waals surface area contributed by atoms with Gasteiger partial charge in [0.15, 0.2) is 5.22 Å². The summed E-state index contributed by atoms with van der Waals surface area (Å²) in [6.07, 6.45) is 8.35. The predicted molar refractivity (Wildman–Crippen MR) is 57.4 cm³/mol. The molecule has 1 aromatic rings. The molecule has 0 aliphatic heterocycles. The molecule has 0 bridgehead atoms. The third-order valence-electron chi connectivity index (χ3n) is 2.88. The van der Waals surface area contributed by atoms with Gasteiger partial charge in [-0.1, -0.05) is 19.3 Å². The Morgan fingerprint density at radius 2 is 2.14 bits per heavy atom. The molecule has 0 aromatic carbocycles. The number of hydrogen-bond acceptors (Lipinski definition) is 2. The quantitative estimate of drug-likeness (QED) is 0.833. The summed E-state index contributed by atoms with van der Waals surface area (Å²) >= 11 is 5.85. The fourth-order valence-electron chi connectivity index (χ4n) is 2.01. The largest absolute Gasteiger partial charge is 0.453 e. The highest BCUT2D eigenvalue weighted by molar-refractivity contribution is 6.29. The number of hydrogen-bond donors (Lipinski definition) is 1. The van der Waals surface area contributed by atoms with Crippen molar-refractivity contribution >= 4 is 11.6 Å². The smallest absolute Gasteiger partial charge is 0.197 e. The fourth-order valence-corrected chi connectivity index (χ4v) is 2.19. The van der Waals surface area contributed by atoms with Gasteiger partial charge in [0.25, 0.3) is 0 Å². The molecule has 0 atom stereocenters. The van der Waals surface area contributed by atoms with Crippen LogP contribution in [0.5, 0.6) is 0 Å². The van der Waals surface area contributed by atoms with Gasteiger partial charge in [-0.15, -0.1) is 0 Å². The SMILES string of the molecule is Clc1occc1CNC1CCCCC1. The summed E-state index contributed by atoms with van der Waals surface area (Å²) in [6.45, 7) is 0.833. The van der Waals surface area contributed by atoms with E-state index in [2.05, 4.69) is 5.32 Å². The van der Waals surface area contributed by atoms with Gasteiger partial charge in [0, 0.05) is 18.2 Å². The average Bonchev–Trinajstić information content (AvgIpc) is 2.63. The first kappa shape index (κ1) is 10.1. The van der Waals surface area contributed by atoms with E-state index in [-0.39, 0.29) is 0 Å². The summed E-state index contributed by atoms with van der Waals surface area (Å²) in [5.41, 5.74) is 1.07. The molecule has 1 N–H and O–H groups in total. The maximum atomic E-state index is 5.85. The highest BCUT2D eigenvalue weighted by Gasteiger charge is 2.13. The number of nitrogens with one attached hydrogen (secondary N) is 1. The van der Waals surface area contributed by atoms with E-state index < -0.39 is 0 Å². The van der Waals surface area contributed by atoms with Gasteiger partial charge in [0.2, 0.25) is 0 Å². The third-order valence-corrected chi connectivity index (χ3v) is 3.21. The van der Waals surface area contributed by atoms with Crippen molar-refractivity contribution in [3.05, 3.63) is 23.1 Å². The second kappa shape index (κ2) is 4.85. The van der Waals surface area contributed by atoms with Crippen LogP contribution in [0, 0.1) is 0 Å². The molecule has 3 heteroatoms. The molecule has 0 radical (unpaired) electrons. The van der Waals surface area contributed by atoms with Crippen molar-refractivity contribution in [2.45, 2.75) is 44.7 Å². The highest BCUT2D eigenvalue weighted by atomic mass is 35.5. The topological polar surface area (TPSA) is 25.2 Å². The molecule has 0 unspecified atom stereocenters. The van der Waals surface area contributed by atoms with E-state index in [4.69, 9.17) is 16.0 Å². The van der Waals surface area contributed by atoms with Crippen LogP contribution < -0.4 is 5.32 Å². The summed E-state index contributed by atoms with van der Waals surface area (Å²) in [4.78, 5) is 0. The van der Waals surface area contributed by atoms with E-state index in [0.717, 1.165) is 12.1 Å². The van der Waals surface area contributed by atoms with Gasteiger partial charge < -0.3 is 9.73 Å². The molecule has 2 rings (SSSR count). The van der Waals surface area contributed by atoms with E-state index in [1.54, 1.807) is 6.26 Å². The van der Waals surface area contributed by atoms with Crippen molar-refractivity contribution in [3.8, 4) is 0 Å². The maximum Gasteiger partial charge on any atom is 0.197 e. The van der Waals surface area contributed by atoms with E-state index in [0.29, 0.717) is 11.3 Å². The van der Waals surface area contributed by atoms with Crippen LogP contribution in [0.4, 0.5) is 0 Å². The number of rotatable bonds is 3. The minimum absolute atomic E-state index is 0.522. The van der Waals surface area contributed by atoms with Crippen LogP contribution >= 0.6 is 11.6 Å². The number of furan rings is 1. The summed E-state index contributed by atoms with van der Waals surface area (Å²) in [5.74, 6) is 0. The van der Waals surface area contributed by atoms with E-state index in [1.165, 1.54) is 32.1 Å². The monoisotopic (exact) mass is 213 g/mol. The minimum atomic E-state index is 0.522. The molecule has 0 saturated heterocycles.